The molecule has 0 aliphatic heterocycles. The van der Waals surface area contributed by atoms with Gasteiger partial charge in [0, 0.05) is 11.9 Å². The zero-order valence-corrected chi connectivity index (χ0v) is 12.3. The van der Waals surface area contributed by atoms with Crippen LogP contribution >= 0.6 is 11.8 Å². The fourth-order valence-electron chi connectivity index (χ4n) is 2.71. The number of carbonyl (C=O) groups excluding carboxylic acids is 1. The van der Waals surface area contributed by atoms with E-state index < -0.39 is 0 Å². The average molecular weight is 279 g/mol. The van der Waals surface area contributed by atoms with Gasteiger partial charge in [0.2, 0.25) is 0 Å². The number of benzene rings is 1. The van der Waals surface area contributed by atoms with Gasteiger partial charge in [-0.3, -0.25) is 4.79 Å². The van der Waals surface area contributed by atoms with Gasteiger partial charge in [-0.25, -0.2) is 0 Å². The van der Waals surface area contributed by atoms with E-state index in [0.29, 0.717) is 0 Å². The predicted octanol–water partition coefficient (Wildman–Crippen LogP) is 2.78. The first-order valence-electron chi connectivity index (χ1n) is 6.73. The Balaban J connectivity index is 2.18. The van der Waals surface area contributed by atoms with Gasteiger partial charge in [0.1, 0.15) is 0 Å². The molecule has 3 nitrogen and oxygen atoms in total. The molecule has 1 aliphatic carbocycles. The van der Waals surface area contributed by atoms with Gasteiger partial charge in [0.25, 0.3) is 5.91 Å². The lowest BCUT2D eigenvalue weighted by molar-refractivity contribution is 0.0266. The number of carbonyl (C=O) groups is 1. The molecule has 0 saturated heterocycles. The minimum atomic E-state index is -0.385. The highest BCUT2D eigenvalue weighted by molar-refractivity contribution is 7.98. The maximum absolute atomic E-state index is 12.6. The number of amides is 1. The molecule has 1 fully saturated rings. The molecule has 19 heavy (non-hydrogen) atoms. The summed E-state index contributed by atoms with van der Waals surface area (Å²) in [7, 11) is 1.80. The Morgan fingerprint density at radius 1 is 1.32 bits per heavy atom. The third kappa shape index (κ3) is 3.12. The molecule has 4 heteroatoms. The Morgan fingerprint density at radius 3 is 2.68 bits per heavy atom. The molecule has 0 spiro atoms. The van der Waals surface area contributed by atoms with Gasteiger partial charge in [-0.1, -0.05) is 25.0 Å². The molecule has 1 N–H and O–H groups in total. The van der Waals surface area contributed by atoms with Crippen LogP contribution in [0.3, 0.4) is 0 Å². The fraction of sp³-hybridized carbons (Fsp3) is 0.533. The first kappa shape index (κ1) is 14.4. The van der Waals surface area contributed by atoms with Gasteiger partial charge in [0.15, 0.2) is 0 Å². The van der Waals surface area contributed by atoms with E-state index in [2.05, 4.69) is 0 Å². The second-order valence-electron chi connectivity index (χ2n) is 5.04. The molecule has 0 bridgehead atoms. The van der Waals surface area contributed by atoms with Gasteiger partial charge in [-0.05, 0) is 31.2 Å². The van der Waals surface area contributed by atoms with Gasteiger partial charge in [-0.2, -0.15) is 0 Å². The lowest BCUT2D eigenvalue weighted by Gasteiger charge is -2.35. The monoisotopic (exact) mass is 279 g/mol. The van der Waals surface area contributed by atoms with Crippen LogP contribution in [0.25, 0.3) is 0 Å². The summed E-state index contributed by atoms with van der Waals surface area (Å²) in [4.78, 5) is 15.3. The zero-order valence-electron chi connectivity index (χ0n) is 11.5. The fourth-order valence-corrected chi connectivity index (χ4v) is 3.30. The summed E-state index contributed by atoms with van der Waals surface area (Å²) in [6.45, 7) is 0. The van der Waals surface area contributed by atoms with E-state index in [-0.39, 0.29) is 18.1 Å². The summed E-state index contributed by atoms with van der Waals surface area (Å²) in [5.74, 6) is 0.0101. The highest BCUT2D eigenvalue weighted by Crippen LogP contribution is 2.26. The highest BCUT2D eigenvalue weighted by Gasteiger charge is 2.30. The van der Waals surface area contributed by atoms with E-state index >= 15 is 0 Å². The van der Waals surface area contributed by atoms with Crippen LogP contribution in [0, 0.1) is 0 Å². The van der Waals surface area contributed by atoms with Crippen molar-refractivity contribution in [1.29, 1.82) is 0 Å². The van der Waals surface area contributed by atoms with Gasteiger partial charge >= 0.3 is 0 Å². The van der Waals surface area contributed by atoms with Crippen molar-refractivity contribution >= 4 is 17.7 Å². The molecular formula is C15H21NO2S. The molecule has 0 aromatic heterocycles. The Labute approximate surface area is 119 Å². The number of aliphatic hydroxyl groups excluding tert-OH is 1. The van der Waals surface area contributed by atoms with Crippen LogP contribution in [-0.2, 0) is 0 Å². The molecule has 0 radical (unpaired) electrons. The van der Waals surface area contributed by atoms with Crippen molar-refractivity contribution in [2.45, 2.75) is 42.7 Å². The number of rotatable bonds is 3. The van der Waals surface area contributed by atoms with E-state index in [9.17, 15) is 9.90 Å². The van der Waals surface area contributed by atoms with Crippen molar-refractivity contribution in [2.24, 2.45) is 0 Å². The number of thioether (sulfide) groups is 1. The largest absolute Gasteiger partial charge is 0.391 e. The topological polar surface area (TPSA) is 40.5 Å². The molecule has 2 rings (SSSR count). The van der Waals surface area contributed by atoms with Gasteiger partial charge in [0.05, 0.1) is 17.7 Å². The molecule has 1 aliphatic rings. The summed E-state index contributed by atoms with van der Waals surface area (Å²) in [5.41, 5.74) is 0.732. The summed E-state index contributed by atoms with van der Waals surface area (Å²) in [6.07, 6.45) is 5.42. The third-order valence-electron chi connectivity index (χ3n) is 3.85. The Morgan fingerprint density at radius 2 is 2.00 bits per heavy atom. The smallest absolute Gasteiger partial charge is 0.255 e. The van der Waals surface area contributed by atoms with E-state index in [0.717, 1.165) is 36.1 Å². The normalized spacial score (nSPS) is 23.1. The first-order chi connectivity index (χ1) is 9.15. The van der Waals surface area contributed by atoms with E-state index in [1.807, 2.05) is 30.5 Å². The number of likely N-dealkylation sites (N-methyl/N-ethyl adjacent to an activating group) is 1. The average Bonchev–Trinajstić information content (AvgIpc) is 2.46. The van der Waals surface area contributed by atoms with Crippen molar-refractivity contribution in [3.63, 3.8) is 0 Å². The standard InChI is InChI=1S/C15H21NO2S/c1-16(12-8-4-5-9-13(12)17)15(18)11-7-3-6-10-14(11)19-2/h3,6-7,10,12-13,17H,4-5,8-9H2,1-2H3/t12-,13+/m0/s1. The second kappa shape index (κ2) is 6.44. The molecule has 104 valence electrons. The van der Waals surface area contributed by atoms with E-state index in [4.69, 9.17) is 0 Å². The van der Waals surface area contributed by atoms with E-state index in [1.54, 1.807) is 23.7 Å². The minimum Gasteiger partial charge on any atom is -0.391 e. The summed E-state index contributed by atoms with van der Waals surface area (Å²) >= 11 is 1.58. The van der Waals surface area contributed by atoms with Crippen molar-refractivity contribution in [3.05, 3.63) is 29.8 Å². The maximum atomic E-state index is 12.6. The molecule has 1 aromatic carbocycles. The molecule has 1 aromatic rings. The number of hydrogen-bond donors (Lipinski definition) is 1. The molecule has 1 saturated carbocycles. The molecule has 0 unspecified atom stereocenters. The Kier molecular flexibility index (Phi) is 4.88. The van der Waals surface area contributed by atoms with Crippen LogP contribution in [0.2, 0.25) is 0 Å². The first-order valence-corrected chi connectivity index (χ1v) is 7.96. The molecule has 0 heterocycles. The van der Waals surface area contributed by atoms with Crippen LogP contribution in [0.4, 0.5) is 0 Å². The van der Waals surface area contributed by atoms with Gasteiger partial charge in [-0.15, -0.1) is 11.8 Å². The zero-order chi connectivity index (χ0) is 13.8. The lowest BCUT2D eigenvalue weighted by Crippen LogP contribution is -2.46. The Bertz CT molecular complexity index is 450. The molecule has 1 amide bonds. The summed E-state index contributed by atoms with van der Waals surface area (Å²) in [6, 6.07) is 7.61. The number of hydrogen-bond acceptors (Lipinski definition) is 3. The second-order valence-corrected chi connectivity index (χ2v) is 5.88. The van der Waals surface area contributed by atoms with Crippen molar-refractivity contribution < 1.29 is 9.90 Å². The Hall–Kier alpha value is -1.00. The maximum Gasteiger partial charge on any atom is 0.255 e. The van der Waals surface area contributed by atoms with Crippen molar-refractivity contribution in [3.8, 4) is 0 Å². The summed E-state index contributed by atoms with van der Waals surface area (Å²) in [5, 5.41) is 10.1. The van der Waals surface area contributed by atoms with Gasteiger partial charge < -0.3 is 10.0 Å². The van der Waals surface area contributed by atoms with Crippen LogP contribution in [-0.4, -0.2) is 41.4 Å². The molecule has 2 atom stereocenters. The number of aliphatic hydroxyl groups is 1. The minimum absolute atomic E-state index is 0.0101. The predicted molar refractivity (Wildman–Crippen MR) is 78.6 cm³/mol. The van der Waals surface area contributed by atoms with Crippen LogP contribution in [0.1, 0.15) is 36.0 Å². The SMILES string of the molecule is CSc1ccccc1C(=O)N(C)[C@H]1CCCC[C@H]1O. The number of nitrogens with zero attached hydrogens (tertiary/aromatic N) is 1. The lowest BCUT2D eigenvalue weighted by atomic mass is 9.91. The van der Waals surface area contributed by atoms with Crippen molar-refractivity contribution in [2.75, 3.05) is 13.3 Å². The van der Waals surface area contributed by atoms with Crippen LogP contribution in [0.5, 0.6) is 0 Å². The molecular weight excluding hydrogens is 258 g/mol. The summed E-state index contributed by atoms with van der Waals surface area (Å²) < 4.78 is 0. The van der Waals surface area contributed by atoms with E-state index in [1.165, 1.54) is 0 Å². The van der Waals surface area contributed by atoms with Crippen LogP contribution < -0.4 is 0 Å². The van der Waals surface area contributed by atoms with Crippen molar-refractivity contribution in [1.82, 2.24) is 4.90 Å². The van der Waals surface area contributed by atoms with Crippen LogP contribution in [0.15, 0.2) is 29.2 Å². The third-order valence-corrected chi connectivity index (χ3v) is 4.64. The quantitative estimate of drug-likeness (QED) is 0.865. The highest BCUT2D eigenvalue weighted by atomic mass is 32.2.